The lowest BCUT2D eigenvalue weighted by molar-refractivity contribution is -0.176. The van der Waals surface area contributed by atoms with Gasteiger partial charge >= 0.3 is 0 Å². The Bertz CT molecular complexity index is 287. The molecule has 0 saturated carbocycles. The van der Waals surface area contributed by atoms with Gasteiger partial charge in [0.1, 0.15) is 0 Å². The molecule has 0 aromatic heterocycles. The summed E-state index contributed by atoms with van der Waals surface area (Å²) in [5, 5.41) is 21.9. The van der Waals surface area contributed by atoms with Gasteiger partial charge < -0.3 is 5.11 Å². The normalized spacial score (nSPS) is 10.9. The van der Waals surface area contributed by atoms with Crippen LogP contribution in [0.25, 0.3) is 0 Å². The van der Waals surface area contributed by atoms with Crippen LogP contribution in [0.1, 0.15) is 44.7 Å². The summed E-state index contributed by atoms with van der Waals surface area (Å²) in [5.74, 6) is 0.461. The third-order valence-electron chi connectivity index (χ3n) is 2.24. The Morgan fingerprint density at radius 2 is 1.53 bits per heavy atom. The van der Waals surface area contributed by atoms with E-state index in [4.69, 9.17) is 10.5 Å². The lowest BCUT2D eigenvalue weighted by atomic mass is 9.88. The Morgan fingerprint density at radius 3 is 1.87 bits per heavy atom. The van der Waals surface area contributed by atoms with E-state index in [1.54, 1.807) is 0 Å². The van der Waals surface area contributed by atoms with Gasteiger partial charge in [0.15, 0.2) is 0 Å². The van der Waals surface area contributed by atoms with Crippen molar-refractivity contribution in [1.29, 1.82) is 0 Å². The van der Waals surface area contributed by atoms with Crippen molar-refractivity contribution in [2.24, 2.45) is 0 Å². The molecule has 0 heterocycles. The summed E-state index contributed by atoms with van der Waals surface area (Å²) in [6.45, 7) is 7.94. The van der Waals surface area contributed by atoms with Gasteiger partial charge in [0.05, 0.1) is 5.60 Å². The second-order valence-corrected chi connectivity index (χ2v) is 4.30. The average Bonchev–Trinajstić information content (AvgIpc) is 2.19. The van der Waals surface area contributed by atoms with E-state index in [-0.39, 0.29) is 0 Å². The first-order valence-electron chi connectivity index (χ1n) is 4.94. The Kier molecular flexibility index (Phi) is 5.50. The maximum absolute atomic E-state index is 9.92. The van der Waals surface area contributed by atoms with Crippen LogP contribution in [0.3, 0.4) is 0 Å². The van der Waals surface area contributed by atoms with Crippen LogP contribution in [0.4, 0.5) is 0 Å². The SMILES string of the molecule is CC(C)c1ccccc1C(C)(C)O.OO. The van der Waals surface area contributed by atoms with Crippen LogP contribution in [0.2, 0.25) is 0 Å². The van der Waals surface area contributed by atoms with E-state index in [1.165, 1.54) is 5.56 Å². The molecule has 86 valence electrons. The molecule has 0 fully saturated rings. The zero-order chi connectivity index (χ0) is 12.1. The molecule has 0 saturated heterocycles. The van der Waals surface area contributed by atoms with Gasteiger partial charge in [-0.1, -0.05) is 38.1 Å². The monoisotopic (exact) mass is 212 g/mol. The zero-order valence-corrected chi connectivity index (χ0v) is 9.73. The summed E-state index contributed by atoms with van der Waals surface area (Å²) in [6.07, 6.45) is 0. The first-order chi connectivity index (χ1) is 6.93. The molecule has 1 aromatic carbocycles. The summed E-state index contributed by atoms with van der Waals surface area (Å²) in [5.41, 5.74) is 1.53. The van der Waals surface area contributed by atoms with Crippen LogP contribution in [-0.4, -0.2) is 15.6 Å². The Hall–Kier alpha value is -0.900. The van der Waals surface area contributed by atoms with E-state index in [0.29, 0.717) is 5.92 Å². The molecule has 0 spiro atoms. The molecule has 15 heavy (non-hydrogen) atoms. The first kappa shape index (κ1) is 14.1. The highest BCUT2D eigenvalue weighted by atomic mass is 17.0. The summed E-state index contributed by atoms with van der Waals surface area (Å²) in [7, 11) is 0. The molecular weight excluding hydrogens is 192 g/mol. The molecule has 0 aliphatic carbocycles. The van der Waals surface area contributed by atoms with Crippen molar-refractivity contribution in [3.05, 3.63) is 35.4 Å². The molecule has 3 N–H and O–H groups in total. The van der Waals surface area contributed by atoms with Gasteiger partial charge in [-0.05, 0) is 30.9 Å². The standard InChI is InChI=1S/C12H18O.H2O2/c1-9(2)10-7-5-6-8-11(10)12(3,4)13;1-2/h5-9,13H,1-4H3;1-2H. The minimum atomic E-state index is -0.735. The summed E-state index contributed by atoms with van der Waals surface area (Å²) in [4.78, 5) is 0. The highest BCUT2D eigenvalue weighted by molar-refractivity contribution is 5.33. The minimum absolute atomic E-state index is 0.461. The smallest absolute Gasteiger partial charge is 0.0843 e. The number of hydrogen-bond donors (Lipinski definition) is 3. The van der Waals surface area contributed by atoms with Gasteiger partial charge in [0, 0.05) is 0 Å². The molecule has 0 bridgehead atoms. The molecule has 0 amide bonds. The van der Waals surface area contributed by atoms with Crippen LogP contribution >= 0.6 is 0 Å². The molecule has 0 radical (unpaired) electrons. The van der Waals surface area contributed by atoms with E-state index in [2.05, 4.69) is 19.9 Å². The lowest BCUT2D eigenvalue weighted by Crippen LogP contribution is -2.18. The zero-order valence-electron chi connectivity index (χ0n) is 9.73. The predicted molar refractivity (Wildman–Crippen MR) is 61.0 cm³/mol. The fraction of sp³-hybridized carbons (Fsp3) is 0.500. The van der Waals surface area contributed by atoms with Gasteiger partial charge in [-0.15, -0.1) is 0 Å². The predicted octanol–water partition coefficient (Wildman–Crippen LogP) is 3.05. The van der Waals surface area contributed by atoms with Gasteiger partial charge in [0.25, 0.3) is 0 Å². The molecule has 1 aromatic rings. The number of aliphatic hydroxyl groups is 1. The maximum Gasteiger partial charge on any atom is 0.0843 e. The van der Waals surface area contributed by atoms with Crippen molar-refractivity contribution in [1.82, 2.24) is 0 Å². The number of rotatable bonds is 2. The lowest BCUT2D eigenvalue weighted by Gasteiger charge is -2.23. The van der Waals surface area contributed by atoms with E-state index in [1.807, 2.05) is 32.0 Å². The summed E-state index contributed by atoms with van der Waals surface area (Å²) < 4.78 is 0. The number of benzene rings is 1. The van der Waals surface area contributed by atoms with Crippen LogP contribution in [0.15, 0.2) is 24.3 Å². The summed E-state index contributed by atoms with van der Waals surface area (Å²) in [6, 6.07) is 8.07. The molecule has 3 heteroatoms. The molecule has 0 aliphatic rings. The molecule has 0 unspecified atom stereocenters. The van der Waals surface area contributed by atoms with Crippen molar-refractivity contribution in [2.75, 3.05) is 0 Å². The van der Waals surface area contributed by atoms with E-state index in [9.17, 15) is 5.11 Å². The Labute approximate surface area is 90.9 Å². The topological polar surface area (TPSA) is 60.7 Å². The van der Waals surface area contributed by atoms with Gasteiger partial charge in [-0.3, -0.25) is 10.5 Å². The van der Waals surface area contributed by atoms with Gasteiger partial charge in [0.2, 0.25) is 0 Å². The second kappa shape index (κ2) is 5.85. The van der Waals surface area contributed by atoms with E-state index in [0.717, 1.165) is 5.56 Å². The highest BCUT2D eigenvalue weighted by Crippen LogP contribution is 2.28. The average molecular weight is 212 g/mol. The van der Waals surface area contributed by atoms with Crippen molar-refractivity contribution in [3.63, 3.8) is 0 Å². The molecule has 0 atom stereocenters. The van der Waals surface area contributed by atoms with Crippen molar-refractivity contribution in [3.8, 4) is 0 Å². The van der Waals surface area contributed by atoms with E-state index >= 15 is 0 Å². The first-order valence-corrected chi connectivity index (χ1v) is 4.94. The fourth-order valence-corrected chi connectivity index (χ4v) is 1.56. The molecular formula is C12H20O3. The quantitative estimate of drug-likeness (QED) is 0.521. The van der Waals surface area contributed by atoms with Crippen LogP contribution in [0, 0.1) is 0 Å². The van der Waals surface area contributed by atoms with Crippen LogP contribution < -0.4 is 0 Å². The second-order valence-electron chi connectivity index (χ2n) is 4.30. The largest absolute Gasteiger partial charge is 0.386 e. The highest BCUT2D eigenvalue weighted by Gasteiger charge is 2.20. The third-order valence-corrected chi connectivity index (χ3v) is 2.24. The van der Waals surface area contributed by atoms with Crippen molar-refractivity contribution < 1.29 is 15.6 Å². The maximum atomic E-state index is 9.92. The molecule has 1 rings (SSSR count). The molecule has 3 nitrogen and oxygen atoms in total. The van der Waals surface area contributed by atoms with Gasteiger partial charge in [-0.2, -0.15) is 0 Å². The van der Waals surface area contributed by atoms with Gasteiger partial charge in [-0.25, -0.2) is 0 Å². The minimum Gasteiger partial charge on any atom is -0.386 e. The van der Waals surface area contributed by atoms with Crippen molar-refractivity contribution in [2.45, 2.75) is 39.2 Å². The van der Waals surface area contributed by atoms with Crippen LogP contribution in [0.5, 0.6) is 0 Å². The summed E-state index contributed by atoms with van der Waals surface area (Å²) >= 11 is 0. The van der Waals surface area contributed by atoms with E-state index < -0.39 is 5.60 Å². The molecule has 0 aliphatic heterocycles. The Balaban J connectivity index is 0.000000921. The van der Waals surface area contributed by atoms with Crippen LogP contribution in [-0.2, 0) is 5.60 Å². The fourth-order valence-electron chi connectivity index (χ4n) is 1.56. The van der Waals surface area contributed by atoms with Crippen molar-refractivity contribution >= 4 is 0 Å². The third kappa shape index (κ3) is 4.00. The Morgan fingerprint density at radius 1 is 1.07 bits per heavy atom. The number of hydrogen-bond acceptors (Lipinski definition) is 3.